The topological polar surface area (TPSA) is 26.0 Å². The Morgan fingerprint density at radius 3 is 2.40 bits per heavy atom. The first-order chi connectivity index (χ1) is 7.31. The van der Waals surface area contributed by atoms with Gasteiger partial charge in [0.05, 0.1) is 0 Å². The summed E-state index contributed by atoms with van der Waals surface area (Å²) in [5, 5.41) is 0. The summed E-state index contributed by atoms with van der Waals surface area (Å²) in [6, 6.07) is 0.333. The normalized spacial score (nSPS) is 14.1. The number of hydrogen-bond donors (Lipinski definition) is 1. The molecule has 0 saturated heterocycles. The summed E-state index contributed by atoms with van der Waals surface area (Å²) in [7, 11) is 0. The van der Waals surface area contributed by atoms with Gasteiger partial charge < -0.3 is 5.73 Å². The quantitative estimate of drug-likeness (QED) is 0.447. The van der Waals surface area contributed by atoms with E-state index in [0.717, 1.165) is 12.8 Å². The molecule has 0 aromatic heterocycles. The lowest BCUT2D eigenvalue weighted by molar-refractivity contribution is 0.659. The molecule has 1 heteroatoms. The fourth-order valence-corrected chi connectivity index (χ4v) is 1.36. The van der Waals surface area contributed by atoms with Crippen molar-refractivity contribution in [2.75, 3.05) is 0 Å². The summed E-state index contributed by atoms with van der Waals surface area (Å²) in [4.78, 5) is 0. The molecule has 0 heterocycles. The van der Waals surface area contributed by atoms with Crippen molar-refractivity contribution >= 4 is 0 Å². The Morgan fingerprint density at radius 1 is 1.00 bits per heavy atom. The van der Waals surface area contributed by atoms with Crippen LogP contribution >= 0.6 is 0 Å². The van der Waals surface area contributed by atoms with Gasteiger partial charge in [0, 0.05) is 6.04 Å². The fraction of sp³-hybridized carbons (Fsp3) is 0.714. The summed E-state index contributed by atoms with van der Waals surface area (Å²) >= 11 is 0. The lowest BCUT2D eigenvalue weighted by Gasteiger charge is -2.01. The van der Waals surface area contributed by atoms with E-state index >= 15 is 0 Å². The van der Waals surface area contributed by atoms with Crippen molar-refractivity contribution in [1.82, 2.24) is 0 Å². The molecule has 1 nitrogen and oxygen atoms in total. The van der Waals surface area contributed by atoms with Gasteiger partial charge in [-0.1, -0.05) is 57.4 Å². The molecule has 0 bridgehead atoms. The predicted molar refractivity (Wildman–Crippen MR) is 69.9 cm³/mol. The lowest BCUT2D eigenvalue weighted by Crippen LogP contribution is -2.16. The van der Waals surface area contributed by atoms with Gasteiger partial charge in [-0.25, -0.2) is 0 Å². The number of unbranched alkanes of at least 4 members (excludes halogenated alkanes) is 4. The molecule has 0 aliphatic heterocycles. The Bertz CT molecular complexity index is 170. The largest absolute Gasteiger partial charge is 0.327 e. The van der Waals surface area contributed by atoms with Crippen molar-refractivity contribution in [2.24, 2.45) is 5.73 Å². The fourth-order valence-electron chi connectivity index (χ4n) is 1.36. The minimum Gasteiger partial charge on any atom is -0.327 e. The highest BCUT2D eigenvalue weighted by Gasteiger charge is 1.92. The van der Waals surface area contributed by atoms with Gasteiger partial charge >= 0.3 is 0 Å². The molecule has 0 spiro atoms. The average Bonchev–Trinajstić information content (AvgIpc) is 2.26. The Labute approximate surface area is 95.4 Å². The standard InChI is InChI=1S/C14H27N/c1-3-5-6-7-8-9-10-11-12-13-14(15)4-2/h9-12,14H,3-8,13,15H2,1-2H3/b10-9+,12-11+. The van der Waals surface area contributed by atoms with Crippen LogP contribution in [0, 0.1) is 0 Å². The first-order valence-corrected chi connectivity index (χ1v) is 6.38. The Morgan fingerprint density at radius 2 is 1.73 bits per heavy atom. The number of nitrogens with two attached hydrogens (primary N) is 1. The molecule has 2 N–H and O–H groups in total. The molecule has 0 aliphatic rings. The molecule has 0 aromatic rings. The van der Waals surface area contributed by atoms with Gasteiger partial charge in [0.1, 0.15) is 0 Å². The number of rotatable bonds is 9. The van der Waals surface area contributed by atoms with Crippen molar-refractivity contribution in [1.29, 1.82) is 0 Å². The van der Waals surface area contributed by atoms with Crippen LogP contribution in [0.2, 0.25) is 0 Å². The van der Waals surface area contributed by atoms with Crippen LogP contribution in [0.3, 0.4) is 0 Å². The molecule has 0 amide bonds. The first-order valence-electron chi connectivity index (χ1n) is 6.38. The third-order valence-corrected chi connectivity index (χ3v) is 2.57. The Hall–Kier alpha value is -0.560. The van der Waals surface area contributed by atoms with Gasteiger partial charge in [0.2, 0.25) is 0 Å². The zero-order valence-corrected chi connectivity index (χ0v) is 10.4. The van der Waals surface area contributed by atoms with Crippen LogP contribution in [0.25, 0.3) is 0 Å². The van der Waals surface area contributed by atoms with Crippen LogP contribution in [0.4, 0.5) is 0 Å². The van der Waals surface area contributed by atoms with E-state index in [9.17, 15) is 0 Å². The molecule has 0 rings (SSSR count). The minimum absolute atomic E-state index is 0.333. The predicted octanol–water partition coefficient (Wildman–Crippen LogP) is 4.20. The highest BCUT2D eigenvalue weighted by molar-refractivity contribution is 5.02. The number of hydrogen-bond acceptors (Lipinski definition) is 1. The van der Waals surface area contributed by atoms with E-state index in [4.69, 9.17) is 5.73 Å². The second kappa shape index (κ2) is 11.5. The first kappa shape index (κ1) is 14.4. The second-order valence-corrected chi connectivity index (χ2v) is 4.11. The maximum absolute atomic E-state index is 5.79. The summed E-state index contributed by atoms with van der Waals surface area (Å²) in [5.41, 5.74) is 5.79. The second-order valence-electron chi connectivity index (χ2n) is 4.11. The van der Waals surface area contributed by atoms with E-state index in [1.165, 1.54) is 32.1 Å². The Kier molecular flexibility index (Phi) is 11.1. The van der Waals surface area contributed by atoms with Crippen LogP contribution in [0.5, 0.6) is 0 Å². The zero-order valence-electron chi connectivity index (χ0n) is 10.4. The highest BCUT2D eigenvalue weighted by atomic mass is 14.6. The van der Waals surface area contributed by atoms with Crippen LogP contribution in [0.15, 0.2) is 24.3 Å². The number of allylic oxidation sites excluding steroid dienone is 3. The zero-order chi connectivity index (χ0) is 11.4. The molecule has 0 saturated carbocycles. The van der Waals surface area contributed by atoms with Crippen LogP contribution in [0.1, 0.15) is 58.8 Å². The average molecular weight is 209 g/mol. The van der Waals surface area contributed by atoms with Gasteiger partial charge in [-0.2, -0.15) is 0 Å². The van der Waals surface area contributed by atoms with Gasteiger partial charge in [-0.05, 0) is 25.7 Å². The summed E-state index contributed by atoms with van der Waals surface area (Å²) in [5.74, 6) is 0. The van der Waals surface area contributed by atoms with Crippen molar-refractivity contribution < 1.29 is 0 Å². The van der Waals surface area contributed by atoms with Gasteiger partial charge in [-0.3, -0.25) is 0 Å². The minimum atomic E-state index is 0.333. The molecule has 0 fully saturated rings. The molecule has 15 heavy (non-hydrogen) atoms. The molecular weight excluding hydrogens is 182 g/mol. The van der Waals surface area contributed by atoms with Crippen molar-refractivity contribution in [3.8, 4) is 0 Å². The van der Waals surface area contributed by atoms with Crippen LogP contribution in [-0.4, -0.2) is 6.04 Å². The summed E-state index contributed by atoms with van der Waals surface area (Å²) in [6.45, 7) is 4.37. The highest BCUT2D eigenvalue weighted by Crippen LogP contribution is 2.03. The van der Waals surface area contributed by atoms with Crippen LogP contribution < -0.4 is 5.73 Å². The van der Waals surface area contributed by atoms with E-state index < -0.39 is 0 Å². The molecule has 0 aromatic carbocycles. The maximum atomic E-state index is 5.79. The maximum Gasteiger partial charge on any atom is 0.00708 e. The van der Waals surface area contributed by atoms with E-state index in [2.05, 4.69) is 38.2 Å². The van der Waals surface area contributed by atoms with Gasteiger partial charge in [0.15, 0.2) is 0 Å². The SMILES string of the molecule is CCCCCC/C=C/C=C/CC(N)CC. The Balaban J connectivity index is 3.29. The smallest absolute Gasteiger partial charge is 0.00708 e. The van der Waals surface area contributed by atoms with Crippen molar-refractivity contribution in [2.45, 2.75) is 64.8 Å². The molecule has 0 radical (unpaired) electrons. The van der Waals surface area contributed by atoms with E-state index in [1.54, 1.807) is 0 Å². The summed E-state index contributed by atoms with van der Waals surface area (Å²) in [6.07, 6.45) is 17.3. The van der Waals surface area contributed by atoms with E-state index in [-0.39, 0.29) is 0 Å². The van der Waals surface area contributed by atoms with Crippen LogP contribution in [-0.2, 0) is 0 Å². The monoisotopic (exact) mass is 209 g/mol. The van der Waals surface area contributed by atoms with E-state index in [1.807, 2.05) is 0 Å². The van der Waals surface area contributed by atoms with Crippen molar-refractivity contribution in [3.05, 3.63) is 24.3 Å². The molecule has 1 atom stereocenters. The van der Waals surface area contributed by atoms with Gasteiger partial charge in [0.25, 0.3) is 0 Å². The third-order valence-electron chi connectivity index (χ3n) is 2.57. The molecule has 1 unspecified atom stereocenters. The van der Waals surface area contributed by atoms with Crippen molar-refractivity contribution in [3.63, 3.8) is 0 Å². The van der Waals surface area contributed by atoms with Gasteiger partial charge in [-0.15, -0.1) is 0 Å². The molecule has 0 aliphatic carbocycles. The van der Waals surface area contributed by atoms with E-state index in [0.29, 0.717) is 6.04 Å². The molecular formula is C14H27N. The third kappa shape index (κ3) is 11.4. The molecule has 88 valence electrons. The summed E-state index contributed by atoms with van der Waals surface area (Å²) < 4.78 is 0. The lowest BCUT2D eigenvalue weighted by atomic mass is 10.1.